The summed E-state index contributed by atoms with van der Waals surface area (Å²) >= 11 is 0. The number of aromatic nitrogens is 2. The summed E-state index contributed by atoms with van der Waals surface area (Å²) < 4.78 is 0. The fourth-order valence-corrected chi connectivity index (χ4v) is 1.80. The third-order valence-electron chi connectivity index (χ3n) is 2.80. The van der Waals surface area contributed by atoms with Gasteiger partial charge < -0.3 is 10.1 Å². The van der Waals surface area contributed by atoms with E-state index in [-0.39, 0.29) is 17.9 Å². The van der Waals surface area contributed by atoms with Crippen molar-refractivity contribution in [1.82, 2.24) is 9.97 Å². The van der Waals surface area contributed by atoms with Crippen LogP contribution in [0.25, 0.3) is 0 Å². The smallest absolute Gasteiger partial charge is 0.308 e. The molecule has 1 aromatic rings. The van der Waals surface area contributed by atoms with E-state index in [2.05, 4.69) is 9.97 Å². The summed E-state index contributed by atoms with van der Waals surface area (Å²) in [5.74, 6) is -0.712. The molecule has 1 aliphatic rings. The van der Waals surface area contributed by atoms with Crippen LogP contribution in [0.5, 0.6) is 0 Å². The van der Waals surface area contributed by atoms with Gasteiger partial charge in [0.05, 0.1) is 24.0 Å². The second-order valence-corrected chi connectivity index (χ2v) is 3.79. The molecule has 0 aliphatic heterocycles. The van der Waals surface area contributed by atoms with Crippen molar-refractivity contribution in [2.45, 2.75) is 31.6 Å². The van der Waals surface area contributed by atoms with Crippen molar-refractivity contribution < 1.29 is 9.90 Å². The number of nitrogens with one attached hydrogen (secondary N) is 1. The molecule has 0 saturated heterocycles. The van der Waals surface area contributed by atoms with Crippen LogP contribution in [0.2, 0.25) is 0 Å². The molecule has 1 fully saturated rings. The van der Waals surface area contributed by atoms with Gasteiger partial charge in [-0.1, -0.05) is 6.42 Å². The zero-order valence-corrected chi connectivity index (χ0v) is 8.19. The molecule has 5 nitrogen and oxygen atoms in total. The highest BCUT2D eigenvalue weighted by Gasteiger charge is 2.25. The molecule has 2 rings (SSSR count). The number of hydrogen-bond donors (Lipinski definition) is 2. The Kier molecular flexibility index (Phi) is 2.53. The highest BCUT2D eigenvalue weighted by Crippen LogP contribution is 2.35. The third kappa shape index (κ3) is 1.91. The first-order chi connectivity index (χ1) is 7.18. The molecular weight excluding hydrogens is 196 g/mol. The highest BCUT2D eigenvalue weighted by atomic mass is 16.4. The van der Waals surface area contributed by atoms with Crippen molar-refractivity contribution in [3.63, 3.8) is 0 Å². The number of aliphatic carboxylic acids is 1. The summed E-state index contributed by atoms with van der Waals surface area (Å²) in [4.78, 5) is 28.6. The van der Waals surface area contributed by atoms with Gasteiger partial charge in [-0.2, -0.15) is 0 Å². The largest absolute Gasteiger partial charge is 0.481 e. The highest BCUT2D eigenvalue weighted by molar-refractivity contribution is 5.70. The third-order valence-corrected chi connectivity index (χ3v) is 2.80. The topological polar surface area (TPSA) is 83.0 Å². The Bertz CT molecular complexity index is 435. The maximum atomic E-state index is 11.5. The van der Waals surface area contributed by atoms with E-state index in [9.17, 15) is 9.59 Å². The van der Waals surface area contributed by atoms with Crippen molar-refractivity contribution in [1.29, 1.82) is 0 Å². The lowest BCUT2D eigenvalue weighted by Crippen LogP contribution is -2.24. The van der Waals surface area contributed by atoms with Crippen molar-refractivity contribution in [3.05, 3.63) is 27.9 Å². The van der Waals surface area contributed by atoms with Crippen molar-refractivity contribution in [3.8, 4) is 0 Å². The average Bonchev–Trinajstić information content (AvgIpc) is 2.07. The molecule has 0 radical (unpaired) electrons. The summed E-state index contributed by atoms with van der Waals surface area (Å²) in [5.41, 5.74) is 0.663. The predicted octanol–water partition coefficient (Wildman–Crippen LogP) is 0.665. The number of nitrogens with zero attached hydrogens (tertiary/aromatic N) is 1. The van der Waals surface area contributed by atoms with Gasteiger partial charge in [0.1, 0.15) is 0 Å². The van der Waals surface area contributed by atoms with Crippen molar-refractivity contribution in [2.75, 3.05) is 0 Å². The summed E-state index contributed by atoms with van der Waals surface area (Å²) in [6, 6.07) is 0. The number of hydrogen-bond acceptors (Lipinski definition) is 3. The van der Waals surface area contributed by atoms with Crippen LogP contribution < -0.4 is 5.56 Å². The first kappa shape index (κ1) is 9.89. The maximum Gasteiger partial charge on any atom is 0.308 e. The summed E-state index contributed by atoms with van der Waals surface area (Å²) in [6.45, 7) is 0. The van der Waals surface area contributed by atoms with Crippen LogP contribution in [0.15, 0.2) is 11.1 Å². The maximum absolute atomic E-state index is 11.5. The summed E-state index contributed by atoms with van der Waals surface area (Å²) in [7, 11) is 0. The minimum atomic E-state index is -0.992. The zero-order chi connectivity index (χ0) is 10.8. The van der Waals surface area contributed by atoms with Gasteiger partial charge in [-0.15, -0.1) is 0 Å². The van der Waals surface area contributed by atoms with Gasteiger partial charge in [0.15, 0.2) is 0 Å². The van der Waals surface area contributed by atoms with Gasteiger partial charge in [-0.05, 0) is 12.8 Å². The molecule has 2 N–H and O–H groups in total. The molecular formula is C10H12N2O3. The molecule has 1 heterocycles. The fourth-order valence-electron chi connectivity index (χ4n) is 1.80. The van der Waals surface area contributed by atoms with Gasteiger partial charge in [0, 0.05) is 5.92 Å². The van der Waals surface area contributed by atoms with E-state index < -0.39 is 5.97 Å². The van der Waals surface area contributed by atoms with Crippen LogP contribution in [0.4, 0.5) is 0 Å². The lowest BCUT2D eigenvalue weighted by atomic mass is 9.81. The SMILES string of the molecule is O=C(O)Cc1c(C2CCC2)nc[nH]c1=O. The van der Waals surface area contributed by atoms with Gasteiger partial charge in [0.25, 0.3) is 5.56 Å². The van der Waals surface area contributed by atoms with Crippen LogP contribution in [0.1, 0.15) is 36.4 Å². The second kappa shape index (κ2) is 3.84. The van der Waals surface area contributed by atoms with Gasteiger partial charge in [-0.25, -0.2) is 4.98 Å². The van der Waals surface area contributed by atoms with E-state index in [1.54, 1.807) is 0 Å². The molecule has 5 heteroatoms. The fraction of sp³-hybridized carbons (Fsp3) is 0.500. The number of carbonyl (C=O) groups is 1. The normalized spacial score (nSPS) is 16.0. The molecule has 0 atom stereocenters. The number of rotatable bonds is 3. The van der Waals surface area contributed by atoms with Gasteiger partial charge in [0.2, 0.25) is 0 Å². The Balaban J connectivity index is 2.38. The van der Waals surface area contributed by atoms with E-state index in [1.165, 1.54) is 6.33 Å². The summed E-state index contributed by atoms with van der Waals surface area (Å²) in [6.07, 6.45) is 4.24. The minimum absolute atomic E-state index is 0.241. The monoisotopic (exact) mass is 208 g/mol. The van der Waals surface area contributed by atoms with E-state index in [0.717, 1.165) is 19.3 Å². The molecule has 0 bridgehead atoms. The van der Waals surface area contributed by atoms with Crippen molar-refractivity contribution >= 4 is 5.97 Å². The van der Waals surface area contributed by atoms with E-state index >= 15 is 0 Å². The standard InChI is InChI=1S/C10H12N2O3/c13-8(14)4-7-9(6-2-1-3-6)11-5-12-10(7)15/h5-6H,1-4H2,(H,13,14)(H,11,12,15). The number of carboxylic acid groups (broad SMARTS) is 1. The molecule has 1 aliphatic carbocycles. The van der Waals surface area contributed by atoms with Crippen LogP contribution in [-0.4, -0.2) is 21.0 Å². The molecule has 1 aromatic heterocycles. The van der Waals surface area contributed by atoms with Gasteiger partial charge >= 0.3 is 5.97 Å². The van der Waals surface area contributed by atoms with E-state index in [4.69, 9.17) is 5.11 Å². The number of carboxylic acids is 1. The predicted molar refractivity (Wildman–Crippen MR) is 52.8 cm³/mol. The first-order valence-corrected chi connectivity index (χ1v) is 4.96. The molecule has 1 saturated carbocycles. The van der Waals surface area contributed by atoms with Crippen LogP contribution in [-0.2, 0) is 11.2 Å². The molecule has 0 amide bonds. The van der Waals surface area contributed by atoms with Crippen molar-refractivity contribution in [2.24, 2.45) is 0 Å². The Morgan fingerprint density at radius 2 is 2.33 bits per heavy atom. The zero-order valence-electron chi connectivity index (χ0n) is 8.19. The quantitative estimate of drug-likeness (QED) is 0.764. The molecule has 80 valence electrons. The molecule has 0 unspecified atom stereocenters. The lowest BCUT2D eigenvalue weighted by Gasteiger charge is -2.25. The number of aromatic amines is 1. The van der Waals surface area contributed by atoms with E-state index in [0.29, 0.717) is 11.3 Å². The van der Waals surface area contributed by atoms with E-state index in [1.807, 2.05) is 0 Å². The first-order valence-electron chi connectivity index (χ1n) is 4.96. The lowest BCUT2D eigenvalue weighted by molar-refractivity contribution is -0.136. The molecule has 15 heavy (non-hydrogen) atoms. The van der Waals surface area contributed by atoms with Gasteiger partial charge in [-0.3, -0.25) is 9.59 Å². The Morgan fingerprint density at radius 3 is 2.87 bits per heavy atom. The van der Waals surface area contributed by atoms with Crippen LogP contribution in [0, 0.1) is 0 Å². The molecule has 0 spiro atoms. The summed E-state index contributed by atoms with van der Waals surface area (Å²) in [5, 5.41) is 8.71. The average molecular weight is 208 g/mol. The Morgan fingerprint density at radius 1 is 1.60 bits per heavy atom. The Labute approximate surface area is 86.2 Å². The number of H-pyrrole nitrogens is 1. The second-order valence-electron chi connectivity index (χ2n) is 3.79. The minimum Gasteiger partial charge on any atom is -0.481 e. The Hall–Kier alpha value is -1.65. The molecule has 0 aromatic carbocycles. The van der Waals surface area contributed by atoms with Crippen LogP contribution in [0.3, 0.4) is 0 Å². The van der Waals surface area contributed by atoms with Crippen LogP contribution >= 0.6 is 0 Å².